The molecular weight excluding hydrogens is 370 g/mol. The molecule has 0 bridgehead atoms. The maximum atomic E-state index is 4.82. The quantitative estimate of drug-likeness (QED) is 0.415. The van der Waals surface area contributed by atoms with Crippen LogP contribution in [0.2, 0.25) is 0 Å². The molecule has 5 aromatic rings. The van der Waals surface area contributed by atoms with E-state index in [1.807, 2.05) is 17.7 Å². The number of benzene rings is 3. The van der Waals surface area contributed by atoms with Crippen molar-refractivity contribution in [2.24, 2.45) is 0 Å². The highest BCUT2D eigenvalue weighted by Gasteiger charge is 2.24. The van der Waals surface area contributed by atoms with Crippen LogP contribution >= 0.6 is 0 Å². The first-order valence-electron chi connectivity index (χ1n) is 10.1. The summed E-state index contributed by atoms with van der Waals surface area (Å²) in [4.78, 5) is 4.82. The van der Waals surface area contributed by atoms with Crippen LogP contribution in [0.1, 0.15) is 22.6 Å². The predicted molar refractivity (Wildman–Crippen MR) is 118 cm³/mol. The smallest absolute Gasteiger partial charge is 0.212 e. The van der Waals surface area contributed by atoms with Gasteiger partial charge in [0.05, 0.1) is 17.1 Å². The lowest BCUT2D eigenvalue weighted by Crippen LogP contribution is -2.08. The summed E-state index contributed by atoms with van der Waals surface area (Å²) in [5.41, 5.74) is 8.45. The van der Waals surface area contributed by atoms with Gasteiger partial charge in [0.25, 0.3) is 5.95 Å². The highest BCUT2D eigenvalue weighted by molar-refractivity contribution is 5.88. The van der Waals surface area contributed by atoms with E-state index in [-0.39, 0.29) is 0 Å². The van der Waals surface area contributed by atoms with Gasteiger partial charge in [-0.25, -0.2) is 9.67 Å². The molecule has 0 radical (unpaired) electrons. The second-order valence-corrected chi connectivity index (χ2v) is 7.76. The van der Waals surface area contributed by atoms with E-state index in [9.17, 15) is 0 Å². The molecule has 5 heteroatoms. The SMILES string of the molecule is Cc1nn(-c2nnc3c(n2)Cc2ccccc2-3)c(C)c1-c1ccc2ccccc2c1. The Hall–Kier alpha value is -3.86. The van der Waals surface area contributed by atoms with Crippen LogP contribution in [-0.2, 0) is 6.42 Å². The van der Waals surface area contributed by atoms with Crippen molar-refractivity contribution in [3.05, 3.63) is 89.4 Å². The summed E-state index contributed by atoms with van der Waals surface area (Å²) in [5, 5.41) is 16.1. The Balaban J connectivity index is 1.45. The lowest BCUT2D eigenvalue weighted by atomic mass is 10.00. The van der Waals surface area contributed by atoms with Crippen molar-refractivity contribution in [3.63, 3.8) is 0 Å². The van der Waals surface area contributed by atoms with Crippen molar-refractivity contribution in [2.75, 3.05) is 0 Å². The normalized spacial score (nSPS) is 12.2. The predicted octanol–water partition coefficient (Wildman–Crippen LogP) is 5.07. The Morgan fingerprint density at radius 2 is 1.63 bits per heavy atom. The molecule has 30 heavy (non-hydrogen) atoms. The molecule has 3 aromatic carbocycles. The summed E-state index contributed by atoms with van der Waals surface area (Å²) in [7, 11) is 0. The topological polar surface area (TPSA) is 56.5 Å². The van der Waals surface area contributed by atoms with Gasteiger partial charge in [0, 0.05) is 17.5 Å². The number of aromatic nitrogens is 5. The molecule has 0 unspecified atom stereocenters. The van der Waals surface area contributed by atoms with Gasteiger partial charge < -0.3 is 0 Å². The minimum absolute atomic E-state index is 0.522. The molecule has 0 saturated carbocycles. The average Bonchev–Trinajstić information content (AvgIpc) is 3.29. The maximum absolute atomic E-state index is 4.82. The molecule has 2 aromatic heterocycles. The van der Waals surface area contributed by atoms with E-state index >= 15 is 0 Å². The lowest BCUT2D eigenvalue weighted by Gasteiger charge is -2.06. The van der Waals surface area contributed by atoms with Crippen LogP contribution in [0.15, 0.2) is 66.7 Å². The van der Waals surface area contributed by atoms with Crippen molar-refractivity contribution in [2.45, 2.75) is 20.3 Å². The highest BCUT2D eigenvalue weighted by atomic mass is 15.4. The van der Waals surface area contributed by atoms with Crippen LogP contribution in [0.25, 0.3) is 39.1 Å². The zero-order chi connectivity index (χ0) is 20.2. The summed E-state index contributed by atoms with van der Waals surface area (Å²) < 4.78 is 1.82. The van der Waals surface area contributed by atoms with E-state index in [1.54, 1.807) is 0 Å². The number of nitrogens with zero attached hydrogens (tertiary/aromatic N) is 5. The second kappa shape index (κ2) is 6.32. The maximum Gasteiger partial charge on any atom is 0.270 e. The van der Waals surface area contributed by atoms with Gasteiger partial charge in [0.1, 0.15) is 5.69 Å². The summed E-state index contributed by atoms with van der Waals surface area (Å²) in [5.74, 6) is 0.522. The highest BCUT2D eigenvalue weighted by Crippen LogP contribution is 2.34. The van der Waals surface area contributed by atoms with Crippen molar-refractivity contribution in [3.8, 4) is 28.3 Å². The van der Waals surface area contributed by atoms with Crippen LogP contribution in [0, 0.1) is 13.8 Å². The van der Waals surface area contributed by atoms with Gasteiger partial charge in [0.2, 0.25) is 0 Å². The molecule has 6 rings (SSSR count). The van der Waals surface area contributed by atoms with Crippen LogP contribution in [0.3, 0.4) is 0 Å². The fourth-order valence-corrected chi connectivity index (χ4v) is 4.46. The van der Waals surface area contributed by atoms with Gasteiger partial charge in [-0.05, 0) is 41.8 Å². The third kappa shape index (κ3) is 2.48. The fourth-order valence-electron chi connectivity index (χ4n) is 4.46. The molecule has 0 aliphatic heterocycles. The zero-order valence-corrected chi connectivity index (χ0v) is 16.8. The Labute approximate surface area is 174 Å². The number of aryl methyl sites for hydroxylation is 1. The third-order valence-corrected chi connectivity index (χ3v) is 5.90. The van der Waals surface area contributed by atoms with E-state index in [4.69, 9.17) is 10.1 Å². The monoisotopic (exact) mass is 389 g/mol. The molecule has 144 valence electrons. The van der Waals surface area contributed by atoms with E-state index in [0.29, 0.717) is 5.95 Å². The van der Waals surface area contributed by atoms with Crippen LogP contribution in [-0.4, -0.2) is 25.0 Å². The molecule has 1 aliphatic carbocycles. The van der Waals surface area contributed by atoms with E-state index in [2.05, 4.69) is 77.8 Å². The van der Waals surface area contributed by atoms with Gasteiger partial charge in [-0.1, -0.05) is 60.7 Å². The Morgan fingerprint density at radius 3 is 2.53 bits per heavy atom. The van der Waals surface area contributed by atoms with Crippen LogP contribution < -0.4 is 0 Å². The molecule has 0 atom stereocenters. The van der Waals surface area contributed by atoms with Gasteiger partial charge >= 0.3 is 0 Å². The fraction of sp³-hybridized carbons (Fsp3) is 0.120. The van der Waals surface area contributed by atoms with Gasteiger partial charge in [-0.2, -0.15) is 5.10 Å². The van der Waals surface area contributed by atoms with Crippen LogP contribution in [0.4, 0.5) is 0 Å². The second-order valence-electron chi connectivity index (χ2n) is 7.76. The largest absolute Gasteiger partial charge is 0.270 e. The molecule has 0 N–H and O–H groups in total. The van der Waals surface area contributed by atoms with E-state index in [0.717, 1.165) is 45.9 Å². The molecule has 2 heterocycles. The molecule has 5 nitrogen and oxygen atoms in total. The molecular formula is C25H19N5. The number of rotatable bonds is 2. The van der Waals surface area contributed by atoms with Crippen molar-refractivity contribution in [1.82, 2.24) is 25.0 Å². The average molecular weight is 389 g/mol. The molecule has 1 aliphatic rings. The molecule has 0 amide bonds. The summed E-state index contributed by atoms with van der Waals surface area (Å²) >= 11 is 0. The molecule has 0 saturated heterocycles. The lowest BCUT2D eigenvalue weighted by molar-refractivity contribution is 0.740. The molecule has 0 fully saturated rings. The first-order chi connectivity index (χ1) is 14.7. The summed E-state index contributed by atoms with van der Waals surface area (Å²) in [6.07, 6.45) is 0.783. The number of fused-ring (bicyclic) bond motifs is 4. The van der Waals surface area contributed by atoms with Gasteiger partial charge in [0.15, 0.2) is 0 Å². The van der Waals surface area contributed by atoms with Gasteiger partial charge in [-0.3, -0.25) is 0 Å². The minimum atomic E-state index is 0.522. The summed E-state index contributed by atoms with van der Waals surface area (Å²) in [6.45, 7) is 4.10. The standard InChI is InChI=1S/C25H19N5/c1-15-23(20-12-11-17-7-3-4-8-18(17)13-20)16(2)30(29-15)25-26-22-14-19-9-5-6-10-21(19)24(22)27-28-25/h3-13H,14H2,1-2H3. The third-order valence-electron chi connectivity index (χ3n) is 5.90. The minimum Gasteiger partial charge on any atom is -0.212 e. The van der Waals surface area contributed by atoms with Crippen molar-refractivity contribution >= 4 is 10.8 Å². The Bertz CT molecular complexity index is 1450. The first-order valence-corrected chi connectivity index (χ1v) is 10.1. The van der Waals surface area contributed by atoms with Gasteiger partial charge in [-0.15, -0.1) is 10.2 Å². The van der Waals surface area contributed by atoms with Crippen LogP contribution in [0.5, 0.6) is 0 Å². The number of hydrogen-bond acceptors (Lipinski definition) is 4. The Kier molecular flexibility index (Phi) is 3.59. The zero-order valence-electron chi connectivity index (χ0n) is 16.8. The number of hydrogen-bond donors (Lipinski definition) is 0. The van der Waals surface area contributed by atoms with Crippen molar-refractivity contribution in [1.29, 1.82) is 0 Å². The van der Waals surface area contributed by atoms with E-state index in [1.165, 1.54) is 16.3 Å². The first kappa shape index (κ1) is 17.0. The van der Waals surface area contributed by atoms with E-state index < -0.39 is 0 Å². The summed E-state index contributed by atoms with van der Waals surface area (Å²) in [6, 6.07) is 23.2. The van der Waals surface area contributed by atoms with Crippen molar-refractivity contribution < 1.29 is 0 Å². The Morgan fingerprint density at radius 1 is 0.833 bits per heavy atom. The molecule has 0 spiro atoms.